The fourth-order valence-electron chi connectivity index (χ4n) is 5.09. The van der Waals surface area contributed by atoms with Crippen molar-refractivity contribution < 1.29 is 9.59 Å². The Kier molecular flexibility index (Phi) is 3.99. The van der Waals surface area contributed by atoms with Crippen LogP contribution in [0.5, 0.6) is 0 Å². The van der Waals surface area contributed by atoms with Gasteiger partial charge in [-0.15, -0.1) is 0 Å². The van der Waals surface area contributed by atoms with Gasteiger partial charge in [0.15, 0.2) is 0 Å². The van der Waals surface area contributed by atoms with Crippen LogP contribution in [0.25, 0.3) is 10.9 Å². The number of hydrogen-bond acceptors (Lipinski definition) is 2. The second-order valence-electron chi connectivity index (χ2n) is 8.60. The van der Waals surface area contributed by atoms with Gasteiger partial charge in [0.2, 0.25) is 5.91 Å². The van der Waals surface area contributed by atoms with Crippen molar-refractivity contribution in [3.8, 4) is 0 Å². The normalized spacial score (nSPS) is 25.5. The van der Waals surface area contributed by atoms with Crippen LogP contribution >= 0.6 is 0 Å². The van der Waals surface area contributed by atoms with Crippen LogP contribution in [0.4, 0.5) is 0 Å². The fourth-order valence-corrected chi connectivity index (χ4v) is 5.09. The zero-order valence-electron chi connectivity index (χ0n) is 15.9. The van der Waals surface area contributed by atoms with Crippen molar-refractivity contribution in [2.75, 3.05) is 19.6 Å². The minimum absolute atomic E-state index is 0.124. The molecule has 142 valence electrons. The van der Waals surface area contributed by atoms with E-state index < -0.39 is 0 Å². The number of carbonyl (C=O) groups is 2. The molecular weight excluding hydrogens is 338 g/mol. The van der Waals surface area contributed by atoms with Gasteiger partial charge in [-0.1, -0.05) is 24.6 Å². The number of nitrogens with zero attached hydrogens (tertiary/aromatic N) is 3. The molecule has 0 N–H and O–H groups in total. The van der Waals surface area contributed by atoms with E-state index in [-0.39, 0.29) is 17.9 Å². The van der Waals surface area contributed by atoms with Crippen LogP contribution in [-0.2, 0) is 11.8 Å². The number of para-hydroxylation sites is 1. The lowest BCUT2D eigenvalue weighted by atomic mass is 9.84. The van der Waals surface area contributed by atoms with Crippen molar-refractivity contribution >= 4 is 22.7 Å². The molecular formula is C22H27N3O2. The molecule has 3 saturated heterocycles. The molecule has 5 nitrogen and oxygen atoms in total. The predicted molar refractivity (Wildman–Crippen MR) is 104 cm³/mol. The van der Waals surface area contributed by atoms with E-state index in [9.17, 15) is 9.59 Å². The Morgan fingerprint density at radius 2 is 1.81 bits per heavy atom. The molecule has 2 amide bonds. The summed E-state index contributed by atoms with van der Waals surface area (Å²) in [4.78, 5) is 30.4. The number of hydrogen-bond donors (Lipinski definition) is 0. The Morgan fingerprint density at radius 1 is 1.00 bits per heavy atom. The highest BCUT2D eigenvalue weighted by Gasteiger charge is 2.41. The minimum atomic E-state index is 0.124. The Morgan fingerprint density at radius 3 is 2.59 bits per heavy atom. The topological polar surface area (TPSA) is 45.6 Å². The first-order chi connectivity index (χ1) is 13.1. The number of piperidine rings is 1. The summed E-state index contributed by atoms with van der Waals surface area (Å²) in [5.74, 6) is 1.11. The molecule has 0 unspecified atom stereocenters. The van der Waals surface area contributed by atoms with Crippen molar-refractivity contribution in [2.24, 2.45) is 18.9 Å². The monoisotopic (exact) mass is 365 g/mol. The van der Waals surface area contributed by atoms with Crippen LogP contribution in [0.15, 0.2) is 30.5 Å². The van der Waals surface area contributed by atoms with E-state index in [0.29, 0.717) is 18.4 Å². The number of aryl methyl sites for hydroxylation is 1. The lowest BCUT2D eigenvalue weighted by Gasteiger charge is -2.36. The van der Waals surface area contributed by atoms with Gasteiger partial charge < -0.3 is 14.4 Å². The van der Waals surface area contributed by atoms with Gasteiger partial charge in [-0.05, 0) is 37.7 Å². The average molecular weight is 365 g/mol. The molecule has 1 aromatic heterocycles. The summed E-state index contributed by atoms with van der Waals surface area (Å²) in [5, 5.41) is 1.02. The third-order valence-corrected chi connectivity index (χ3v) is 6.87. The Hall–Kier alpha value is -2.30. The van der Waals surface area contributed by atoms with E-state index in [1.54, 1.807) is 0 Å². The number of benzene rings is 1. The van der Waals surface area contributed by atoms with Gasteiger partial charge in [-0.3, -0.25) is 9.59 Å². The van der Waals surface area contributed by atoms with Gasteiger partial charge in [0.1, 0.15) is 0 Å². The Labute approximate surface area is 159 Å². The standard InChI is InChI=1S/C22H27N3O2/c1-23-14-19(18-7-2-3-8-20(18)23)22(27)25-12-15-9-10-17(25)13-24(11-15)21(26)16-5-4-6-16/h2-3,7-8,14-17H,4-6,9-13H2,1H3/t15-,17+/m0/s1. The molecule has 1 aliphatic carbocycles. The third-order valence-electron chi connectivity index (χ3n) is 6.87. The molecule has 27 heavy (non-hydrogen) atoms. The summed E-state index contributed by atoms with van der Waals surface area (Å²) >= 11 is 0. The molecule has 2 atom stereocenters. The van der Waals surface area contributed by atoms with Crippen molar-refractivity contribution in [1.29, 1.82) is 0 Å². The lowest BCUT2D eigenvalue weighted by Crippen LogP contribution is -2.48. The van der Waals surface area contributed by atoms with Crippen molar-refractivity contribution in [3.63, 3.8) is 0 Å². The lowest BCUT2D eigenvalue weighted by molar-refractivity contribution is -0.138. The smallest absolute Gasteiger partial charge is 0.256 e. The Bertz CT molecular complexity index is 898. The van der Waals surface area contributed by atoms with Crippen molar-refractivity contribution in [2.45, 2.75) is 38.1 Å². The van der Waals surface area contributed by atoms with Crippen LogP contribution in [-0.4, -0.2) is 51.9 Å². The Balaban J connectivity index is 1.42. The molecule has 4 fully saturated rings. The second kappa shape index (κ2) is 6.39. The first-order valence-corrected chi connectivity index (χ1v) is 10.3. The predicted octanol–water partition coefficient (Wildman–Crippen LogP) is 3.04. The molecule has 4 heterocycles. The van der Waals surface area contributed by atoms with E-state index >= 15 is 0 Å². The SMILES string of the molecule is Cn1cc(C(=O)N2C[C@H]3CC[C@@H]2CN(C(=O)C2CCC2)C3)c2ccccc21. The highest BCUT2D eigenvalue weighted by atomic mass is 16.2. The molecule has 5 heteroatoms. The summed E-state index contributed by atoms with van der Waals surface area (Å²) in [6.45, 7) is 2.31. The van der Waals surface area contributed by atoms with Crippen LogP contribution < -0.4 is 0 Å². The van der Waals surface area contributed by atoms with E-state index in [2.05, 4.69) is 15.9 Å². The van der Waals surface area contributed by atoms with E-state index in [4.69, 9.17) is 0 Å². The van der Waals surface area contributed by atoms with Crippen molar-refractivity contribution in [1.82, 2.24) is 14.4 Å². The third kappa shape index (κ3) is 2.75. The van der Waals surface area contributed by atoms with E-state index in [1.165, 1.54) is 6.42 Å². The van der Waals surface area contributed by atoms with E-state index in [1.807, 2.05) is 36.0 Å². The fraction of sp³-hybridized carbons (Fsp3) is 0.545. The first-order valence-electron chi connectivity index (χ1n) is 10.3. The van der Waals surface area contributed by atoms with Gasteiger partial charge in [0.25, 0.3) is 5.91 Å². The number of fused-ring (bicyclic) bond motifs is 5. The van der Waals surface area contributed by atoms with Gasteiger partial charge >= 0.3 is 0 Å². The van der Waals surface area contributed by atoms with Crippen LogP contribution in [0.2, 0.25) is 0 Å². The quantitative estimate of drug-likeness (QED) is 0.821. The molecule has 3 aliphatic heterocycles. The van der Waals surface area contributed by atoms with Crippen LogP contribution in [0, 0.1) is 11.8 Å². The molecule has 2 bridgehead atoms. The first kappa shape index (κ1) is 16.8. The molecule has 2 aromatic rings. The molecule has 6 rings (SSSR count). The zero-order valence-corrected chi connectivity index (χ0v) is 15.9. The average Bonchev–Trinajstić information content (AvgIpc) is 2.79. The molecule has 0 spiro atoms. The summed E-state index contributed by atoms with van der Waals surface area (Å²) in [5.41, 5.74) is 1.88. The highest BCUT2D eigenvalue weighted by Crippen LogP contribution is 2.34. The number of rotatable bonds is 2. The van der Waals surface area contributed by atoms with Crippen LogP contribution in [0.1, 0.15) is 42.5 Å². The number of aromatic nitrogens is 1. The van der Waals surface area contributed by atoms with Gasteiger partial charge in [-0.2, -0.15) is 0 Å². The summed E-state index contributed by atoms with van der Waals surface area (Å²) in [6, 6.07) is 8.24. The molecule has 1 aromatic carbocycles. The van der Waals surface area contributed by atoms with Crippen molar-refractivity contribution in [3.05, 3.63) is 36.0 Å². The second-order valence-corrected chi connectivity index (χ2v) is 8.60. The summed E-state index contributed by atoms with van der Waals surface area (Å²) in [6.07, 6.45) is 7.37. The summed E-state index contributed by atoms with van der Waals surface area (Å²) < 4.78 is 2.03. The maximum atomic E-state index is 13.5. The largest absolute Gasteiger partial charge is 0.350 e. The highest BCUT2D eigenvalue weighted by molar-refractivity contribution is 6.07. The molecule has 1 saturated carbocycles. The minimum Gasteiger partial charge on any atom is -0.350 e. The number of amides is 2. The summed E-state index contributed by atoms with van der Waals surface area (Å²) in [7, 11) is 1.99. The van der Waals surface area contributed by atoms with E-state index in [0.717, 1.165) is 55.2 Å². The molecule has 0 radical (unpaired) electrons. The van der Waals surface area contributed by atoms with Crippen LogP contribution in [0.3, 0.4) is 0 Å². The van der Waals surface area contributed by atoms with Gasteiger partial charge in [0.05, 0.1) is 5.56 Å². The maximum absolute atomic E-state index is 13.5. The van der Waals surface area contributed by atoms with Gasteiger partial charge in [0, 0.05) is 55.7 Å². The van der Waals surface area contributed by atoms with Gasteiger partial charge in [-0.25, -0.2) is 0 Å². The zero-order chi connectivity index (χ0) is 18.5. The maximum Gasteiger partial charge on any atom is 0.256 e. The molecule has 4 aliphatic rings. The number of carbonyl (C=O) groups excluding carboxylic acids is 2.